The zero-order valence-electron chi connectivity index (χ0n) is 14.5. The lowest BCUT2D eigenvalue weighted by Gasteiger charge is -2.28. The molecular weight excluding hydrogens is 338 g/mol. The highest BCUT2D eigenvalue weighted by Crippen LogP contribution is 2.24. The zero-order valence-corrected chi connectivity index (χ0v) is 15.2. The molecule has 1 unspecified atom stereocenters. The molecule has 3 rings (SSSR count). The van der Waals surface area contributed by atoms with Gasteiger partial charge in [-0.2, -0.15) is 0 Å². The van der Waals surface area contributed by atoms with Crippen LogP contribution in [0.5, 0.6) is 5.75 Å². The summed E-state index contributed by atoms with van der Waals surface area (Å²) in [5, 5.41) is 3.66. The van der Waals surface area contributed by atoms with E-state index in [4.69, 9.17) is 16.3 Å². The van der Waals surface area contributed by atoms with Crippen molar-refractivity contribution in [2.75, 3.05) is 26.2 Å². The number of benzene rings is 1. The lowest BCUT2D eigenvalue weighted by Crippen LogP contribution is -2.39. The van der Waals surface area contributed by atoms with Gasteiger partial charge in [0.15, 0.2) is 6.61 Å². The number of carbonyl (C=O) groups is 1. The topological polar surface area (TPSA) is 46.5 Å². The Morgan fingerprint density at radius 1 is 1.24 bits per heavy atom. The Bertz CT molecular complexity index is 693. The summed E-state index contributed by atoms with van der Waals surface area (Å²) in [6, 6.07) is 11.4. The Labute approximate surface area is 153 Å². The van der Waals surface area contributed by atoms with E-state index in [-0.39, 0.29) is 18.6 Å². The second kappa shape index (κ2) is 8.41. The highest BCUT2D eigenvalue weighted by molar-refractivity contribution is 6.30. The average Bonchev–Trinajstić information content (AvgIpc) is 3.27. The zero-order chi connectivity index (χ0) is 17.6. The number of hydrogen-bond acceptors (Lipinski definition) is 3. The summed E-state index contributed by atoms with van der Waals surface area (Å²) >= 11 is 5.84. The predicted octanol–water partition coefficient (Wildman–Crippen LogP) is 3.01. The van der Waals surface area contributed by atoms with E-state index in [0.717, 1.165) is 13.1 Å². The summed E-state index contributed by atoms with van der Waals surface area (Å²) in [5.41, 5.74) is 1.22. The number of ether oxygens (including phenoxy) is 1. The largest absolute Gasteiger partial charge is 0.484 e. The molecule has 0 radical (unpaired) electrons. The quantitative estimate of drug-likeness (QED) is 0.824. The monoisotopic (exact) mass is 361 g/mol. The first-order chi connectivity index (χ1) is 12.1. The van der Waals surface area contributed by atoms with Gasteiger partial charge in [0, 0.05) is 30.5 Å². The fraction of sp³-hybridized carbons (Fsp3) is 0.421. The van der Waals surface area contributed by atoms with Gasteiger partial charge in [0.05, 0.1) is 6.04 Å². The summed E-state index contributed by atoms with van der Waals surface area (Å²) in [5.74, 6) is 0.520. The van der Waals surface area contributed by atoms with Crippen LogP contribution in [0.3, 0.4) is 0 Å². The van der Waals surface area contributed by atoms with Crippen LogP contribution < -0.4 is 10.1 Å². The molecule has 0 aliphatic carbocycles. The van der Waals surface area contributed by atoms with Crippen molar-refractivity contribution in [2.45, 2.75) is 18.9 Å². The number of aromatic nitrogens is 1. The summed E-state index contributed by atoms with van der Waals surface area (Å²) < 4.78 is 7.63. The molecule has 1 aromatic heterocycles. The molecule has 25 heavy (non-hydrogen) atoms. The van der Waals surface area contributed by atoms with Crippen LogP contribution in [-0.2, 0) is 11.8 Å². The van der Waals surface area contributed by atoms with Crippen LogP contribution in [0.2, 0.25) is 5.02 Å². The van der Waals surface area contributed by atoms with Gasteiger partial charge in [0.2, 0.25) is 0 Å². The second-order valence-corrected chi connectivity index (χ2v) is 6.79. The smallest absolute Gasteiger partial charge is 0.258 e. The number of halogens is 1. The maximum atomic E-state index is 12.2. The molecule has 1 aromatic carbocycles. The average molecular weight is 362 g/mol. The van der Waals surface area contributed by atoms with E-state index in [9.17, 15) is 4.79 Å². The summed E-state index contributed by atoms with van der Waals surface area (Å²) in [6.45, 7) is 2.74. The Morgan fingerprint density at radius 2 is 1.96 bits per heavy atom. The fourth-order valence-corrected chi connectivity index (χ4v) is 3.36. The van der Waals surface area contributed by atoms with E-state index in [1.165, 1.54) is 18.5 Å². The molecule has 1 aliphatic rings. The molecule has 1 atom stereocenters. The molecule has 2 aromatic rings. The van der Waals surface area contributed by atoms with E-state index in [1.807, 2.05) is 19.3 Å². The lowest BCUT2D eigenvalue weighted by molar-refractivity contribution is -0.123. The van der Waals surface area contributed by atoms with E-state index >= 15 is 0 Å². The first kappa shape index (κ1) is 17.8. The van der Waals surface area contributed by atoms with Crippen LogP contribution in [-0.4, -0.2) is 41.6 Å². The van der Waals surface area contributed by atoms with Crippen molar-refractivity contribution in [3.8, 4) is 5.75 Å². The minimum atomic E-state index is -0.117. The van der Waals surface area contributed by atoms with Gasteiger partial charge < -0.3 is 14.6 Å². The Balaban J connectivity index is 1.54. The molecule has 1 aliphatic heterocycles. The maximum absolute atomic E-state index is 12.2. The van der Waals surface area contributed by atoms with Gasteiger partial charge in [-0.1, -0.05) is 11.6 Å². The van der Waals surface area contributed by atoms with Gasteiger partial charge in [0.1, 0.15) is 5.75 Å². The molecule has 6 heteroatoms. The minimum Gasteiger partial charge on any atom is -0.484 e. The normalized spacial score (nSPS) is 15.9. The first-order valence-electron chi connectivity index (χ1n) is 8.64. The van der Waals surface area contributed by atoms with Gasteiger partial charge in [0.25, 0.3) is 5.91 Å². The maximum Gasteiger partial charge on any atom is 0.258 e. The number of aryl methyl sites for hydroxylation is 1. The van der Waals surface area contributed by atoms with Gasteiger partial charge in [-0.15, -0.1) is 0 Å². The summed E-state index contributed by atoms with van der Waals surface area (Å²) in [7, 11) is 2.05. The molecule has 1 N–H and O–H groups in total. The van der Waals surface area contributed by atoms with Crippen molar-refractivity contribution in [3.05, 3.63) is 53.3 Å². The number of carbonyl (C=O) groups excluding carboxylic acids is 1. The molecule has 1 fully saturated rings. The Kier molecular flexibility index (Phi) is 6.00. The number of amides is 1. The van der Waals surface area contributed by atoms with Crippen LogP contribution in [0.4, 0.5) is 0 Å². The van der Waals surface area contributed by atoms with Crippen LogP contribution in [0.1, 0.15) is 24.6 Å². The summed E-state index contributed by atoms with van der Waals surface area (Å²) in [4.78, 5) is 14.6. The molecule has 0 bridgehead atoms. The van der Waals surface area contributed by atoms with Crippen molar-refractivity contribution < 1.29 is 9.53 Å². The van der Waals surface area contributed by atoms with Gasteiger partial charge >= 0.3 is 0 Å². The third kappa shape index (κ3) is 4.77. The predicted molar refractivity (Wildman–Crippen MR) is 98.9 cm³/mol. The standard InChI is InChI=1S/C19H24ClN3O2/c1-22-10-4-5-17(22)18(23-11-2-3-12-23)13-21-19(24)14-25-16-8-6-15(20)7-9-16/h4-10,18H,2-3,11-14H2,1H3,(H,21,24). The van der Waals surface area contributed by atoms with E-state index in [1.54, 1.807) is 24.3 Å². The molecule has 1 saturated heterocycles. The van der Waals surface area contributed by atoms with Crippen molar-refractivity contribution in [3.63, 3.8) is 0 Å². The molecule has 2 heterocycles. The first-order valence-corrected chi connectivity index (χ1v) is 9.01. The van der Waals surface area contributed by atoms with E-state index in [2.05, 4.69) is 20.9 Å². The Morgan fingerprint density at radius 3 is 2.60 bits per heavy atom. The third-order valence-electron chi connectivity index (χ3n) is 4.58. The van der Waals surface area contributed by atoms with Crippen LogP contribution in [0.25, 0.3) is 0 Å². The molecule has 0 spiro atoms. The fourth-order valence-electron chi connectivity index (χ4n) is 3.24. The van der Waals surface area contributed by atoms with Gasteiger partial charge in [-0.3, -0.25) is 9.69 Å². The van der Waals surface area contributed by atoms with Crippen molar-refractivity contribution in [2.24, 2.45) is 7.05 Å². The highest BCUT2D eigenvalue weighted by atomic mass is 35.5. The molecule has 5 nitrogen and oxygen atoms in total. The molecule has 134 valence electrons. The van der Waals surface area contributed by atoms with Crippen LogP contribution >= 0.6 is 11.6 Å². The minimum absolute atomic E-state index is 0.00148. The number of rotatable bonds is 7. The van der Waals surface area contributed by atoms with Crippen molar-refractivity contribution in [1.29, 1.82) is 0 Å². The molecular formula is C19H24ClN3O2. The molecule has 0 saturated carbocycles. The van der Waals surface area contributed by atoms with Crippen molar-refractivity contribution >= 4 is 17.5 Å². The van der Waals surface area contributed by atoms with Crippen LogP contribution in [0, 0.1) is 0 Å². The van der Waals surface area contributed by atoms with E-state index < -0.39 is 0 Å². The van der Waals surface area contributed by atoms with Gasteiger partial charge in [-0.25, -0.2) is 0 Å². The summed E-state index contributed by atoms with van der Waals surface area (Å²) in [6.07, 6.45) is 4.48. The highest BCUT2D eigenvalue weighted by Gasteiger charge is 2.25. The molecule has 1 amide bonds. The Hall–Kier alpha value is -1.98. The SMILES string of the molecule is Cn1cccc1C(CNC(=O)COc1ccc(Cl)cc1)N1CCCC1. The number of nitrogens with one attached hydrogen (secondary N) is 1. The number of likely N-dealkylation sites (tertiary alicyclic amines) is 1. The number of nitrogens with zero attached hydrogens (tertiary/aromatic N) is 2. The van der Waals surface area contributed by atoms with Crippen molar-refractivity contribution in [1.82, 2.24) is 14.8 Å². The second-order valence-electron chi connectivity index (χ2n) is 6.35. The van der Waals surface area contributed by atoms with E-state index in [0.29, 0.717) is 17.3 Å². The van der Waals surface area contributed by atoms with Crippen LogP contribution in [0.15, 0.2) is 42.6 Å². The lowest BCUT2D eigenvalue weighted by atomic mass is 10.1. The third-order valence-corrected chi connectivity index (χ3v) is 4.83. The van der Waals surface area contributed by atoms with Gasteiger partial charge in [-0.05, 0) is 62.3 Å². The number of hydrogen-bond donors (Lipinski definition) is 1.